The molecule has 0 aromatic heterocycles. The molecular formula is C7H12ClNO3S. The standard InChI is InChI=1S/C7H8.ClH.H3NO3S/c1-7-5-3-2-4-6-7;;1-5(2,3)4/h2-6H,1H3;1H;(H3,1,2,3,4). The lowest BCUT2D eigenvalue weighted by molar-refractivity contribution is 0.485. The van der Waals surface area contributed by atoms with E-state index >= 15 is 0 Å². The second kappa shape index (κ2) is 6.85. The highest BCUT2D eigenvalue weighted by Crippen LogP contribution is 1.92. The Morgan fingerprint density at radius 3 is 1.69 bits per heavy atom. The highest BCUT2D eigenvalue weighted by Gasteiger charge is 1.81. The first-order valence-corrected chi connectivity index (χ1v) is 4.67. The Labute approximate surface area is 84.1 Å². The average molecular weight is 226 g/mol. The van der Waals surface area contributed by atoms with Crippen molar-refractivity contribution in [3.05, 3.63) is 35.9 Å². The van der Waals surface area contributed by atoms with Crippen LogP contribution in [0.25, 0.3) is 0 Å². The first-order chi connectivity index (χ1) is 5.39. The van der Waals surface area contributed by atoms with Crippen molar-refractivity contribution in [2.45, 2.75) is 6.92 Å². The molecule has 0 atom stereocenters. The van der Waals surface area contributed by atoms with Crippen LogP contribution in [-0.2, 0) is 10.3 Å². The maximum atomic E-state index is 8.97. The summed E-state index contributed by atoms with van der Waals surface area (Å²) in [5.74, 6) is 0. The smallest absolute Gasteiger partial charge is 0.274 e. The van der Waals surface area contributed by atoms with Gasteiger partial charge in [0.15, 0.2) is 0 Å². The van der Waals surface area contributed by atoms with Crippen molar-refractivity contribution in [3.63, 3.8) is 0 Å². The van der Waals surface area contributed by atoms with Gasteiger partial charge in [-0.2, -0.15) is 8.42 Å². The van der Waals surface area contributed by atoms with Gasteiger partial charge < -0.3 is 0 Å². The second-order valence-electron chi connectivity index (χ2n) is 2.17. The number of nitrogens with two attached hydrogens (primary N) is 1. The van der Waals surface area contributed by atoms with Gasteiger partial charge in [-0.1, -0.05) is 35.9 Å². The molecule has 13 heavy (non-hydrogen) atoms. The zero-order valence-electron chi connectivity index (χ0n) is 7.04. The fourth-order valence-electron chi connectivity index (χ4n) is 0.534. The Bertz CT molecular complexity index is 304. The number of rotatable bonds is 0. The molecule has 0 amide bonds. The van der Waals surface area contributed by atoms with Crippen molar-refractivity contribution in [1.29, 1.82) is 0 Å². The first kappa shape index (κ1) is 14.9. The zero-order chi connectivity index (χ0) is 9.61. The molecule has 0 saturated carbocycles. The molecule has 0 spiro atoms. The van der Waals surface area contributed by atoms with Crippen molar-refractivity contribution in [2.75, 3.05) is 0 Å². The normalized spacial score (nSPS) is 9.15. The lowest BCUT2D eigenvalue weighted by Gasteiger charge is -1.82. The van der Waals surface area contributed by atoms with Gasteiger partial charge in [-0.15, -0.1) is 12.4 Å². The minimum absolute atomic E-state index is 0. The molecule has 1 aromatic rings. The van der Waals surface area contributed by atoms with Gasteiger partial charge in [0.25, 0.3) is 0 Å². The highest BCUT2D eigenvalue weighted by atomic mass is 35.5. The van der Waals surface area contributed by atoms with Gasteiger partial charge >= 0.3 is 10.3 Å². The Morgan fingerprint density at radius 2 is 1.54 bits per heavy atom. The van der Waals surface area contributed by atoms with E-state index in [1.54, 1.807) is 0 Å². The van der Waals surface area contributed by atoms with Crippen LogP contribution in [0.15, 0.2) is 30.3 Å². The van der Waals surface area contributed by atoms with Crippen LogP contribution in [0.1, 0.15) is 5.56 Å². The van der Waals surface area contributed by atoms with Gasteiger partial charge in [-0.25, -0.2) is 5.14 Å². The molecule has 0 aliphatic rings. The zero-order valence-corrected chi connectivity index (χ0v) is 8.68. The minimum atomic E-state index is -4.17. The number of benzene rings is 1. The van der Waals surface area contributed by atoms with Gasteiger partial charge in [-0.05, 0) is 6.92 Å². The van der Waals surface area contributed by atoms with E-state index in [0.717, 1.165) is 0 Å². The Balaban J connectivity index is 0. The summed E-state index contributed by atoms with van der Waals surface area (Å²) in [4.78, 5) is 0. The third-order valence-corrected chi connectivity index (χ3v) is 0.940. The quantitative estimate of drug-likeness (QED) is 0.651. The fourth-order valence-corrected chi connectivity index (χ4v) is 0.534. The maximum Gasteiger partial charge on any atom is 0.330 e. The van der Waals surface area contributed by atoms with Crippen LogP contribution >= 0.6 is 12.4 Å². The van der Waals surface area contributed by atoms with Gasteiger partial charge in [0, 0.05) is 0 Å². The Morgan fingerprint density at radius 1 is 1.23 bits per heavy atom. The molecule has 0 aliphatic carbocycles. The van der Waals surface area contributed by atoms with Crippen molar-refractivity contribution < 1.29 is 13.0 Å². The number of hydrogen-bond donors (Lipinski definition) is 2. The van der Waals surface area contributed by atoms with E-state index in [1.165, 1.54) is 5.56 Å². The topological polar surface area (TPSA) is 80.4 Å². The molecule has 0 aliphatic heterocycles. The minimum Gasteiger partial charge on any atom is -0.274 e. The van der Waals surface area contributed by atoms with Crippen LogP contribution < -0.4 is 5.14 Å². The molecule has 1 rings (SSSR count). The molecule has 1 aromatic carbocycles. The molecule has 0 bridgehead atoms. The predicted molar refractivity (Wildman–Crippen MR) is 54.2 cm³/mol. The van der Waals surface area contributed by atoms with Crippen LogP contribution in [0.2, 0.25) is 0 Å². The van der Waals surface area contributed by atoms with Crippen LogP contribution in [-0.4, -0.2) is 13.0 Å². The number of aryl methyl sites for hydroxylation is 1. The third-order valence-electron chi connectivity index (χ3n) is 0.940. The summed E-state index contributed by atoms with van der Waals surface area (Å²) in [6, 6.07) is 10.3. The predicted octanol–water partition coefficient (Wildman–Crippen LogP) is 1.16. The number of hydrogen-bond acceptors (Lipinski definition) is 2. The molecule has 0 fully saturated rings. The monoisotopic (exact) mass is 225 g/mol. The van der Waals surface area contributed by atoms with Gasteiger partial charge in [0.2, 0.25) is 0 Å². The summed E-state index contributed by atoms with van der Waals surface area (Å²) in [5, 5.41) is 3.88. The van der Waals surface area contributed by atoms with Crippen LogP contribution in [0.5, 0.6) is 0 Å². The summed E-state index contributed by atoms with van der Waals surface area (Å²) in [6.07, 6.45) is 0. The molecule has 0 radical (unpaired) electrons. The second-order valence-corrected chi connectivity index (χ2v) is 3.20. The van der Waals surface area contributed by atoms with E-state index in [1.807, 2.05) is 18.2 Å². The van der Waals surface area contributed by atoms with Crippen LogP contribution in [0, 0.1) is 6.92 Å². The van der Waals surface area contributed by atoms with Crippen molar-refractivity contribution >= 4 is 22.7 Å². The lowest BCUT2D eigenvalue weighted by atomic mass is 10.2. The van der Waals surface area contributed by atoms with Gasteiger partial charge in [0.1, 0.15) is 0 Å². The summed E-state index contributed by atoms with van der Waals surface area (Å²) in [5.41, 5.74) is 1.32. The van der Waals surface area contributed by atoms with Crippen molar-refractivity contribution in [1.82, 2.24) is 0 Å². The third kappa shape index (κ3) is 18.4. The summed E-state index contributed by atoms with van der Waals surface area (Å²) >= 11 is 0. The molecule has 76 valence electrons. The summed E-state index contributed by atoms with van der Waals surface area (Å²) < 4.78 is 25.2. The van der Waals surface area contributed by atoms with Gasteiger partial charge in [-0.3, -0.25) is 4.55 Å². The summed E-state index contributed by atoms with van der Waals surface area (Å²) in [6.45, 7) is 2.08. The average Bonchev–Trinajstić information content (AvgIpc) is 1.85. The van der Waals surface area contributed by atoms with Gasteiger partial charge in [0.05, 0.1) is 0 Å². The molecule has 4 nitrogen and oxygen atoms in total. The van der Waals surface area contributed by atoms with Crippen molar-refractivity contribution in [2.24, 2.45) is 5.14 Å². The number of halogens is 1. The molecule has 0 heterocycles. The molecule has 0 saturated heterocycles. The van der Waals surface area contributed by atoms with Crippen LogP contribution in [0.3, 0.4) is 0 Å². The molecule has 6 heteroatoms. The first-order valence-electron chi connectivity index (χ1n) is 3.16. The SMILES string of the molecule is Cc1ccccc1.Cl.NS(=O)(=O)O. The van der Waals surface area contributed by atoms with E-state index in [0.29, 0.717) is 0 Å². The van der Waals surface area contributed by atoms with E-state index < -0.39 is 10.3 Å². The van der Waals surface area contributed by atoms with E-state index in [9.17, 15) is 0 Å². The van der Waals surface area contributed by atoms with E-state index in [4.69, 9.17) is 13.0 Å². The Hall–Kier alpha value is -0.620. The molecule has 3 N–H and O–H groups in total. The highest BCUT2D eigenvalue weighted by molar-refractivity contribution is 7.83. The largest absolute Gasteiger partial charge is 0.330 e. The van der Waals surface area contributed by atoms with E-state index in [2.05, 4.69) is 24.2 Å². The fraction of sp³-hybridized carbons (Fsp3) is 0.143. The molecule has 0 unspecified atom stereocenters. The Kier molecular flexibility index (Phi) is 7.84. The van der Waals surface area contributed by atoms with Crippen molar-refractivity contribution in [3.8, 4) is 0 Å². The maximum absolute atomic E-state index is 8.97. The summed E-state index contributed by atoms with van der Waals surface area (Å²) in [7, 11) is -4.17. The van der Waals surface area contributed by atoms with E-state index in [-0.39, 0.29) is 12.4 Å². The van der Waals surface area contributed by atoms with Crippen LogP contribution in [0.4, 0.5) is 0 Å². The molecular weight excluding hydrogens is 214 g/mol. The lowest BCUT2D eigenvalue weighted by Crippen LogP contribution is -2.08.